The summed E-state index contributed by atoms with van der Waals surface area (Å²) in [6, 6.07) is 1.000. The second-order valence-corrected chi connectivity index (χ2v) is 10.0. The summed E-state index contributed by atoms with van der Waals surface area (Å²) in [7, 11) is 0. The molecule has 1 aromatic carbocycles. The van der Waals surface area contributed by atoms with E-state index in [-0.39, 0.29) is 41.2 Å². The fraction of sp³-hybridized carbons (Fsp3) is 0.536. The lowest BCUT2D eigenvalue weighted by Crippen LogP contribution is -2.37. The van der Waals surface area contributed by atoms with Crippen molar-refractivity contribution in [3.8, 4) is 11.5 Å². The number of nitrogens with zero attached hydrogens (tertiary/aromatic N) is 2. The molecule has 0 aromatic heterocycles. The first-order chi connectivity index (χ1) is 18.8. The van der Waals surface area contributed by atoms with E-state index in [2.05, 4.69) is 5.16 Å². The highest BCUT2D eigenvalue weighted by atomic mass is 35.5. The number of carbonyl (C=O) groups excluding carboxylic acids is 2. The van der Waals surface area contributed by atoms with Gasteiger partial charge in [-0.25, -0.2) is 4.79 Å². The van der Waals surface area contributed by atoms with Gasteiger partial charge in [0.1, 0.15) is 23.2 Å². The van der Waals surface area contributed by atoms with Crippen molar-refractivity contribution >= 4 is 29.2 Å². The van der Waals surface area contributed by atoms with Crippen LogP contribution in [0.5, 0.6) is 11.5 Å². The number of halogens is 1. The van der Waals surface area contributed by atoms with Gasteiger partial charge in [-0.1, -0.05) is 35.0 Å². The third kappa shape index (κ3) is 9.26. The van der Waals surface area contributed by atoms with E-state index in [0.29, 0.717) is 44.8 Å². The number of allylic oxidation sites excluding steroid dienone is 1. The van der Waals surface area contributed by atoms with E-state index in [9.17, 15) is 19.8 Å². The Morgan fingerprint density at radius 2 is 1.97 bits per heavy atom. The van der Waals surface area contributed by atoms with Crippen molar-refractivity contribution in [1.82, 2.24) is 4.90 Å². The molecule has 3 rings (SSSR count). The molecule has 1 fully saturated rings. The summed E-state index contributed by atoms with van der Waals surface area (Å²) in [5.74, 6) is -1.81. The van der Waals surface area contributed by atoms with E-state index in [4.69, 9.17) is 31.6 Å². The number of piperidine rings is 1. The smallest absolute Gasteiger partial charge is 0.342 e. The van der Waals surface area contributed by atoms with Gasteiger partial charge in [0.2, 0.25) is 0 Å². The first-order valence-corrected chi connectivity index (χ1v) is 13.7. The average Bonchev–Trinajstić information content (AvgIpc) is 2.91. The van der Waals surface area contributed by atoms with Crippen LogP contribution < -0.4 is 5.73 Å². The number of cyclic esters (lactones) is 1. The quantitative estimate of drug-likeness (QED) is 0.196. The molecule has 39 heavy (non-hydrogen) atoms. The predicted molar refractivity (Wildman–Crippen MR) is 148 cm³/mol. The number of amides is 1. The maximum atomic E-state index is 13.1. The van der Waals surface area contributed by atoms with E-state index >= 15 is 0 Å². The molecule has 2 aliphatic heterocycles. The number of hydrogen-bond acceptors (Lipinski definition) is 9. The van der Waals surface area contributed by atoms with E-state index in [1.807, 2.05) is 18.2 Å². The molecule has 2 atom stereocenters. The summed E-state index contributed by atoms with van der Waals surface area (Å²) in [5, 5.41) is 24.8. The van der Waals surface area contributed by atoms with Gasteiger partial charge in [-0.15, -0.1) is 0 Å². The van der Waals surface area contributed by atoms with Crippen molar-refractivity contribution in [3.63, 3.8) is 0 Å². The van der Waals surface area contributed by atoms with Crippen molar-refractivity contribution in [2.24, 2.45) is 10.9 Å². The number of phenols is 2. The number of fused-ring (bicyclic) bond motifs is 1. The maximum absolute atomic E-state index is 13.1. The van der Waals surface area contributed by atoms with Crippen LogP contribution in [0.1, 0.15) is 61.4 Å². The number of likely N-dealkylation sites (tertiary alicyclic amines) is 1. The topological polar surface area (TPSA) is 144 Å². The normalized spacial score (nSPS) is 23.4. The minimum absolute atomic E-state index is 0.0808. The molecule has 1 unspecified atom stereocenters. The number of aromatic hydroxyl groups is 2. The van der Waals surface area contributed by atoms with Gasteiger partial charge in [0.25, 0.3) is 5.91 Å². The predicted octanol–water partition coefficient (Wildman–Crippen LogP) is 3.86. The van der Waals surface area contributed by atoms with Gasteiger partial charge >= 0.3 is 5.97 Å². The second kappa shape index (κ2) is 15.5. The highest BCUT2D eigenvalue weighted by molar-refractivity contribution is 6.33. The van der Waals surface area contributed by atoms with Gasteiger partial charge in [-0.2, -0.15) is 0 Å². The van der Waals surface area contributed by atoms with Crippen LogP contribution in [-0.4, -0.2) is 77.8 Å². The van der Waals surface area contributed by atoms with Crippen LogP contribution in [0.2, 0.25) is 5.02 Å². The molecule has 2 heterocycles. The number of oxime groups is 1. The molecule has 0 radical (unpaired) electrons. The van der Waals surface area contributed by atoms with Crippen molar-refractivity contribution in [2.45, 2.75) is 64.1 Å². The molecule has 2 aliphatic rings. The number of ether oxygens (including phenoxy) is 2. The molecule has 0 bridgehead atoms. The zero-order chi connectivity index (χ0) is 28.2. The van der Waals surface area contributed by atoms with Gasteiger partial charge < -0.3 is 35.2 Å². The van der Waals surface area contributed by atoms with E-state index in [0.717, 1.165) is 31.7 Å². The number of nitrogens with two attached hydrogens (primary N) is 1. The van der Waals surface area contributed by atoms with Crippen LogP contribution >= 0.6 is 11.6 Å². The van der Waals surface area contributed by atoms with E-state index < -0.39 is 23.6 Å². The summed E-state index contributed by atoms with van der Waals surface area (Å²) < 4.78 is 11.5. The van der Waals surface area contributed by atoms with Gasteiger partial charge in [0.15, 0.2) is 6.61 Å². The number of carbonyl (C=O) groups is 2. The molecule has 10 nitrogen and oxygen atoms in total. The standard InChI is InChI=1S/C28H38ClN3O7/c1-19-8-5-10-21(37-15-7-12-30)11-6-9-20(31-38-18-25(35)32-13-3-2-4-14-32)16-22-26(28(36)39-19)23(33)17-24(34)27(22)29/h5-6,9-10,17,19,21,33-34H,2-4,7-8,11-16,18,30H2,1H3/b9-6+,10-5+,31-20-/t19-,21?/m1/s1. The van der Waals surface area contributed by atoms with Crippen LogP contribution in [0.25, 0.3) is 0 Å². The summed E-state index contributed by atoms with van der Waals surface area (Å²) in [6.45, 7) is 3.89. The first-order valence-electron chi connectivity index (χ1n) is 13.4. The van der Waals surface area contributed by atoms with Gasteiger partial charge in [-0.05, 0) is 57.2 Å². The third-order valence-electron chi connectivity index (χ3n) is 6.45. The highest BCUT2D eigenvalue weighted by Crippen LogP contribution is 2.37. The van der Waals surface area contributed by atoms with Gasteiger partial charge in [0, 0.05) is 38.6 Å². The Bertz CT molecular complexity index is 1080. The zero-order valence-corrected chi connectivity index (χ0v) is 23.1. The van der Waals surface area contributed by atoms with E-state index in [1.54, 1.807) is 17.9 Å². The molecule has 0 saturated carbocycles. The average molecular weight is 564 g/mol. The second-order valence-electron chi connectivity index (χ2n) is 9.63. The monoisotopic (exact) mass is 563 g/mol. The number of hydrogen-bond donors (Lipinski definition) is 3. The molecular weight excluding hydrogens is 526 g/mol. The minimum atomic E-state index is -0.789. The lowest BCUT2D eigenvalue weighted by molar-refractivity contribution is -0.137. The summed E-state index contributed by atoms with van der Waals surface area (Å²) >= 11 is 6.39. The Balaban J connectivity index is 1.91. The fourth-order valence-corrected chi connectivity index (χ4v) is 4.57. The van der Waals surface area contributed by atoms with Crippen molar-refractivity contribution in [3.05, 3.63) is 46.5 Å². The number of phenolic OH excluding ortho intramolecular Hbond substituents is 2. The summed E-state index contributed by atoms with van der Waals surface area (Å²) in [6.07, 6.45) is 11.2. The molecule has 11 heteroatoms. The van der Waals surface area contributed by atoms with Crippen molar-refractivity contribution in [2.75, 3.05) is 32.8 Å². The Morgan fingerprint density at radius 3 is 2.72 bits per heavy atom. The van der Waals surface area contributed by atoms with Crippen molar-refractivity contribution < 1.29 is 34.1 Å². The Labute approximate surface area is 234 Å². The van der Waals surface area contributed by atoms with Crippen LogP contribution in [0.4, 0.5) is 0 Å². The zero-order valence-electron chi connectivity index (χ0n) is 22.3. The van der Waals surface area contributed by atoms with Crippen LogP contribution in [0.3, 0.4) is 0 Å². The van der Waals surface area contributed by atoms with Gasteiger partial charge in [0.05, 0.1) is 16.8 Å². The highest BCUT2D eigenvalue weighted by Gasteiger charge is 2.26. The number of benzene rings is 1. The lowest BCUT2D eigenvalue weighted by Gasteiger charge is -2.26. The molecular formula is C28H38ClN3O7. The summed E-state index contributed by atoms with van der Waals surface area (Å²) in [5.41, 5.74) is 5.87. The van der Waals surface area contributed by atoms with Crippen molar-refractivity contribution in [1.29, 1.82) is 0 Å². The largest absolute Gasteiger partial charge is 0.507 e. The molecule has 0 spiro atoms. The lowest BCUT2D eigenvalue weighted by atomic mass is 9.99. The maximum Gasteiger partial charge on any atom is 0.342 e. The SMILES string of the molecule is C[C@@H]1C/C=C/C(OCCCN)C/C=C/C(=N/OCC(=O)N2CCCCC2)Cc2c(Cl)c(O)cc(O)c2C(=O)O1. The van der Waals surface area contributed by atoms with Crippen LogP contribution in [0, 0.1) is 0 Å². The van der Waals surface area contributed by atoms with Crippen LogP contribution in [0.15, 0.2) is 35.5 Å². The Hall–Kier alpha value is -3.08. The molecule has 1 aromatic rings. The molecule has 214 valence electrons. The summed E-state index contributed by atoms with van der Waals surface area (Å²) in [4.78, 5) is 32.8. The molecule has 1 amide bonds. The number of rotatable bonds is 7. The molecule has 4 N–H and O–H groups in total. The minimum Gasteiger partial charge on any atom is -0.507 e. The third-order valence-corrected chi connectivity index (χ3v) is 6.87. The first kappa shape index (κ1) is 30.5. The van der Waals surface area contributed by atoms with Crippen LogP contribution in [-0.2, 0) is 25.5 Å². The van der Waals surface area contributed by atoms with Gasteiger partial charge in [-0.3, -0.25) is 4.79 Å². The Kier molecular flexibility index (Phi) is 12.1. The fourth-order valence-electron chi connectivity index (χ4n) is 4.36. The molecule has 1 saturated heterocycles. The van der Waals surface area contributed by atoms with E-state index in [1.165, 1.54) is 0 Å². The Morgan fingerprint density at radius 1 is 1.21 bits per heavy atom. The molecule has 0 aliphatic carbocycles. The number of esters is 1.